The molecule has 0 bridgehead atoms. The fourth-order valence-electron chi connectivity index (χ4n) is 4.80. The van der Waals surface area contributed by atoms with Crippen molar-refractivity contribution < 1.29 is 9.21 Å². The zero-order valence-electron chi connectivity index (χ0n) is 20.5. The van der Waals surface area contributed by atoms with E-state index in [-0.39, 0.29) is 11.3 Å². The number of halogens is 2. The Labute approximate surface area is 237 Å². The van der Waals surface area contributed by atoms with Crippen LogP contribution in [0.2, 0.25) is 5.02 Å². The highest BCUT2D eigenvalue weighted by atomic mass is 79.9. The molecule has 0 fully saturated rings. The van der Waals surface area contributed by atoms with Gasteiger partial charge in [-0.1, -0.05) is 84.4 Å². The van der Waals surface area contributed by atoms with E-state index < -0.39 is 11.9 Å². The lowest BCUT2D eigenvalue weighted by Crippen LogP contribution is -2.31. The standard InChI is InChI=1S/C31H21BrClN3O3/c32-27-16-15-26(39-27)31(38)36-22(13-11-19-7-3-1-4-8-19)18-25(35-36)29-28(20-9-5-2-6-10-20)23-17-21(33)12-14-24(23)34-30(29)37/h1-17,22H,18H2,(H,34,37)/b13-11+/t22-/m0/s1. The molecule has 0 radical (unpaired) electrons. The van der Waals surface area contributed by atoms with Crippen molar-refractivity contribution in [2.75, 3.05) is 0 Å². The summed E-state index contributed by atoms with van der Waals surface area (Å²) >= 11 is 9.65. The number of amides is 1. The van der Waals surface area contributed by atoms with Crippen molar-refractivity contribution in [1.29, 1.82) is 0 Å². The monoisotopic (exact) mass is 597 g/mol. The lowest BCUT2D eigenvalue weighted by Gasteiger charge is -2.17. The van der Waals surface area contributed by atoms with Crippen molar-refractivity contribution in [3.63, 3.8) is 0 Å². The second-order valence-corrected chi connectivity index (χ2v) is 10.3. The number of nitrogens with one attached hydrogen (secondary N) is 1. The smallest absolute Gasteiger partial charge is 0.310 e. The highest BCUT2D eigenvalue weighted by Crippen LogP contribution is 2.34. The number of carbonyl (C=O) groups excluding carboxylic acids is 1. The number of fused-ring (bicyclic) bond motifs is 1. The highest BCUT2D eigenvalue weighted by Gasteiger charge is 2.34. The molecule has 0 spiro atoms. The van der Waals surface area contributed by atoms with E-state index in [1.165, 1.54) is 5.01 Å². The van der Waals surface area contributed by atoms with Gasteiger partial charge in [-0.2, -0.15) is 5.10 Å². The van der Waals surface area contributed by atoms with Crippen molar-refractivity contribution in [1.82, 2.24) is 9.99 Å². The second kappa shape index (κ2) is 10.5. The molecular weight excluding hydrogens is 578 g/mol. The fraction of sp³-hybridized carbons (Fsp3) is 0.0645. The average Bonchev–Trinajstić information content (AvgIpc) is 3.58. The van der Waals surface area contributed by atoms with E-state index in [1.807, 2.05) is 78.9 Å². The molecule has 0 unspecified atom stereocenters. The Hall–Kier alpha value is -4.20. The molecule has 192 valence electrons. The fourth-order valence-corrected chi connectivity index (χ4v) is 5.28. The molecule has 0 saturated heterocycles. The van der Waals surface area contributed by atoms with E-state index in [0.717, 1.165) is 22.1 Å². The Morgan fingerprint density at radius 2 is 1.74 bits per heavy atom. The molecule has 1 aliphatic rings. The maximum absolute atomic E-state index is 13.6. The van der Waals surface area contributed by atoms with Crippen molar-refractivity contribution in [3.8, 4) is 11.1 Å². The van der Waals surface area contributed by atoms with E-state index in [9.17, 15) is 9.59 Å². The van der Waals surface area contributed by atoms with E-state index in [1.54, 1.807) is 24.3 Å². The Morgan fingerprint density at radius 1 is 1.00 bits per heavy atom. The molecule has 0 aliphatic carbocycles. The molecule has 0 saturated carbocycles. The number of carbonyl (C=O) groups is 1. The number of furan rings is 1. The minimum Gasteiger partial charge on any atom is -0.444 e. The van der Waals surface area contributed by atoms with Crippen LogP contribution in [-0.4, -0.2) is 27.7 Å². The lowest BCUT2D eigenvalue weighted by atomic mass is 9.92. The van der Waals surface area contributed by atoms with Crippen LogP contribution in [0.5, 0.6) is 0 Å². The van der Waals surface area contributed by atoms with Gasteiger partial charge in [-0.15, -0.1) is 0 Å². The van der Waals surface area contributed by atoms with E-state index >= 15 is 0 Å². The van der Waals surface area contributed by atoms with Gasteiger partial charge in [0.1, 0.15) is 0 Å². The molecule has 8 heteroatoms. The summed E-state index contributed by atoms with van der Waals surface area (Å²) in [7, 11) is 0. The van der Waals surface area contributed by atoms with Crippen LogP contribution < -0.4 is 5.56 Å². The second-order valence-electron chi connectivity index (χ2n) is 9.10. The third-order valence-electron chi connectivity index (χ3n) is 6.57. The van der Waals surface area contributed by atoms with Crippen molar-refractivity contribution >= 4 is 56.1 Å². The maximum Gasteiger partial charge on any atom is 0.310 e. The Kier molecular flexibility index (Phi) is 6.77. The minimum absolute atomic E-state index is 0.146. The first-order valence-electron chi connectivity index (χ1n) is 12.3. The number of benzene rings is 3. The van der Waals surface area contributed by atoms with Crippen LogP contribution in [0.4, 0.5) is 0 Å². The Balaban J connectivity index is 1.52. The molecular formula is C31H21BrClN3O3. The largest absolute Gasteiger partial charge is 0.444 e. The minimum atomic E-state index is -0.435. The quantitative estimate of drug-likeness (QED) is 0.227. The van der Waals surface area contributed by atoms with Gasteiger partial charge in [0.2, 0.25) is 0 Å². The number of aromatic nitrogens is 1. The first-order valence-corrected chi connectivity index (χ1v) is 13.5. The van der Waals surface area contributed by atoms with Crippen molar-refractivity contribution in [2.45, 2.75) is 12.5 Å². The van der Waals surface area contributed by atoms with E-state index in [4.69, 9.17) is 21.1 Å². The SMILES string of the molecule is O=C(c1ccc(Br)o1)N1N=C(c2c(-c3ccccc3)c3cc(Cl)ccc3[nH]c2=O)C[C@@H]1/C=C/c1ccccc1. The number of aromatic amines is 1. The summed E-state index contributed by atoms with van der Waals surface area (Å²) in [6.45, 7) is 0. The topological polar surface area (TPSA) is 78.7 Å². The van der Waals surface area contributed by atoms with Crippen LogP contribution in [0.3, 0.4) is 0 Å². The van der Waals surface area contributed by atoms with Gasteiger partial charge in [0, 0.05) is 27.9 Å². The molecule has 6 rings (SSSR count). The summed E-state index contributed by atoms with van der Waals surface area (Å²) in [4.78, 5) is 30.1. The summed E-state index contributed by atoms with van der Waals surface area (Å²) in [5.41, 5.74) is 3.84. The molecule has 1 aliphatic heterocycles. The maximum atomic E-state index is 13.6. The van der Waals surface area contributed by atoms with Crippen LogP contribution in [0.1, 0.15) is 28.1 Å². The van der Waals surface area contributed by atoms with E-state index in [0.29, 0.717) is 32.9 Å². The van der Waals surface area contributed by atoms with Gasteiger partial charge in [-0.25, -0.2) is 5.01 Å². The van der Waals surface area contributed by atoms with Gasteiger partial charge < -0.3 is 9.40 Å². The molecule has 6 nitrogen and oxygen atoms in total. The van der Waals surface area contributed by atoms with Gasteiger partial charge in [-0.05, 0) is 57.4 Å². The van der Waals surface area contributed by atoms with Gasteiger partial charge in [0.25, 0.3) is 5.56 Å². The number of hydrazone groups is 1. The number of nitrogens with zero attached hydrogens (tertiary/aromatic N) is 2. The van der Waals surface area contributed by atoms with Gasteiger partial charge >= 0.3 is 5.91 Å². The van der Waals surface area contributed by atoms with E-state index in [2.05, 4.69) is 20.9 Å². The zero-order valence-corrected chi connectivity index (χ0v) is 22.8. The van der Waals surface area contributed by atoms with Crippen molar-refractivity contribution in [3.05, 3.63) is 134 Å². The Bertz CT molecular complexity index is 1810. The predicted octanol–water partition coefficient (Wildman–Crippen LogP) is 7.54. The summed E-state index contributed by atoms with van der Waals surface area (Å²) in [5, 5.41) is 7.46. The number of pyridine rings is 1. The van der Waals surface area contributed by atoms with Crippen molar-refractivity contribution in [2.24, 2.45) is 5.10 Å². The molecule has 1 N–H and O–H groups in total. The van der Waals surface area contributed by atoms with Crippen LogP contribution in [-0.2, 0) is 0 Å². The average molecular weight is 599 g/mol. The highest BCUT2D eigenvalue weighted by molar-refractivity contribution is 9.10. The zero-order chi connectivity index (χ0) is 26.9. The number of hydrogen-bond donors (Lipinski definition) is 1. The third kappa shape index (κ3) is 4.99. The number of rotatable bonds is 5. The molecule has 5 aromatic rings. The molecule has 1 atom stereocenters. The molecule has 2 aromatic heterocycles. The molecule has 3 aromatic carbocycles. The summed E-state index contributed by atoms with van der Waals surface area (Å²) in [5.74, 6) is -0.257. The summed E-state index contributed by atoms with van der Waals surface area (Å²) in [6.07, 6.45) is 4.21. The third-order valence-corrected chi connectivity index (χ3v) is 7.24. The van der Waals surface area contributed by atoms with Gasteiger partial charge in [-0.3, -0.25) is 9.59 Å². The van der Waals surface area contributed by atoms with Crippen LogP contribution in [0, 0.1) is 0 Å². The van der Waals surface area contributed by atoms with Gasteiger partial charge in [0.05, 0.1) is 17.3 Å². The molecule has 39 heavy (non-hydrogen) atoms. The normalized spacial score (nSPS) is 15.3. The van der Waals surface area contributed by atoms with Gasteiger partial charge in [0.15, 0.2) is 10.4 Å². The Morgan fingerprint density at radius 3 is 2.46 bits per heavy atom. The summed E-state index contributed by atoms with van der Waals surface area (Å²) < 4.78 is 5.99. The molecule has 1 amide bonds. The first kappa shape index (κ1) is 25.1. The number of H-pyrrole nitrogens is 1. The van der Waals surface area contributed by atoms with Crippen LogP contribution in [0.15, 0.2) is 116 Å². The number of hydrogen-bond acceptors (Lipinski definition) is 4. The molecule has 3 heterocycles. The van der Waals surface area contributed by atoms with Crippen LogP contribution in [0.25, 0.3) is 28.1 Å². The predicted molar refractivity (Wildman–Crippen MR) is 158 cm³/mol. The summed E-state index contributed by atoms with van der Waals surface area (Å²) in [6, 6.07) is 27.7. The lowest BCUT2D eigenvalue weighted by molar-refractivity contribution is 0.0708. The first-order chi connectivity index (χ1) is 19.0. The van der Waals surface area contributed by atoms with Crippen LogP contribution >= 0.6 is 27.5 Å².